The lowest BCUT2D eigenvalue weighted by Gasteiger charge is -2.30. The summed E-state index contributed by atoms with van der Waals surface area (Å²) in [6, 6.07) is 0. The number of phosphoric ester groups is 1. The number of phosphoric acid groups is 1. The number of carbonyl (C=O) groups is 2. The van der Waals surface area contributed by atoms with Gasteiger partial charge >= 0.3 is 19.8 Å². The normalized spacial score (nSPS) is 14.6. The summed E-state index contributed by atoms with van der Waals surface area (Å²) in [4.78, 5) is 23.8. The highest BCUT2D eigenvalue weighted by Crippen LogP contribution is 2.55. The van der Waals surface area contributed by atoms with E-state index in [9.17, 15) is 14.2 Å². The summed E-state index contributed by atoms with van der Waals surface area (Å²) in [6.07, 6.45) is -0.134. The summed E-state index contributed by atoms with van der Waals surface area (Å²) in [5.41, 5.74) is -2.23. The molecule has 8 nitrogen and oxygen atoms in total. The summed E-state index contributed by atoms with van der Waals surface area (Å²) in [6.45, 7) is 16.3. The maximum absolute atomic E-state index is 12.8. The largest absolute Gasteiger partial charge is 0.478 e. The Bertz CT molecular complexity index is 531. The molecule has 160 valence electrons. The first-order chi connectivity index (χ1) is 11.8. The van der Waals surface area contributed by atoms with Crippen LogP contribution in [0.15, 0.2) is 0 Å². The zero-order chi connectivity index (χ0) is 21.7. The molecule has 0 radical (unpaired) electrons. The van der Waals surface area contributed by atoms with E-state index in [-0.39, 0.29) is 6.42 Å². The van der Waals surface area contributed by atoms with E-state index < -0.39 is 49.3 Å². The van der Waals surface area contributed by atoms with Crippen molar-refractivity contribution in [3.05, 3.63) is 0 Å². The van der Waals surface area contributed by atoms with E-state index in [1.807, 2.05) is 0 Å². The van der Waals surface area contributed by atoms with Crippen LogP contribution in [0.4, 0.5) is 0 Å². The van der Waals surface area contributed by atoms with Gasteiger partial charge in [0.15, 0.2) is 0 Å². The van der Waals surface area contributed by atoms with Crippen LogP contribution in [0.25, 0.3) is 0 Å². The molecule has 0 aromatic carbocycles. The quantitative estimate of drug-likeness (QED) is 0.325. The van der Waals surface area contributed by atoms with E-state index in [4.69, 9.17) is 23.0 Å². The number of ether oxygens (including phenoxy) is 2. The number of carbonyl (C=O) groups excluding carboxylic acids is 2. The molecule has 0 bridgehead atoms. The molecule has 0 N–H and O–H groups in total. The molecule has 0 aromatic rings. The van der Waals surface area contributed by atoms with Gasteiger partial charge in [0.1, 0.15) is 5.60 Å². The molecule has 0 saturated heterocycles. The van der Waals surface area contributed by atoms with Crippen molar-refractivity contribution in [2.24, 2.45) is 5.92 Å². The fraction of sp³-hybridized carbons (Fsp3) is 0.889. The number of hydrogen-bond donors (Lipinski definition) is 0. The van der Waals surface area contributed by atoms with Gasteiger partial charge in [0.2, 0.25) is 6.79 Å². The van der Waals surface area contributed by atoms with Gasteiger partial charge in [-0.2, -0.15) is 0 Å². The lowest BCUT2D eigenvalue weighted by atomic mass is 10.1. The summed E-state index contributed by atoms with van der Waals surface area (Å²) in [5.74, 6) is -1.93. The fourth-order valence-corrected chi connectivity index (χ4v) is 3.42. The maximum atomic E-state index is 12.8. The minimum absolute atomic E-state index is 0.134. The van der Waals surface area contributed by atoms with Crippen LogP contribution in [-0.4, -0.2) is 35.5 Å². The van der Waals surface area contributed by atoms with Gasteiger partial charge in [0.25, 0.3) is 0 Å². The monoisotopic (exact) mass is 410 g/mol. The van der Waals surface area contributed by atoms with Crippen LogP contribution >= 0.6 is 7.82 Å². The van der Waals surface area contributed by atoms with Gasteiger partial charge in [-0.3, -0.25) is 18.6 Å². The standard InChI is InChI=1S/C18H35O8P/c1-13(11-14(19)24-16(2,3)4)15(20)22-12-23-27(21,25-17(5,6)7)26-18(8,9)10/h13H,11-12H2,1-10H3/t13-/m0/s1. The average molecular weight is 410 g/mol. The van der Waals surface area contributed by atoms with Crippen molar-refractivity contribution in [2.75, 3.05) is 6.79 Å². The van der Waals surface area contributed by atoms with Crippen molar-refractivity contribution in [2.45, 2.75) is 92.5 Å². The summed E-state index contributed by atoms with van der Waals surface area (Å²) in [7, 11) is -3.97. The number of rotatable bonds is 8. The van der Waals surface area contributed by atoms with E-state index in [0.717, 1.165) is 0 Å². The van der Waals surface area contributed by atoms with Crippen molar-refractivity contribution >= 4 is 19.8 Å². The molecular formula is C18H35O8P. The molecule has 0 amide bonds. The second kappa shape index (κ2) is 9.50. The van der Waals surface area contributed by atoms with Gasteiger partial charge in [-0.05, 0) is 62.3 Å². The SMILES string of the molecule is C[C@@H](CC(=O)OC(C)(C)C)C(=O)OCOP(=O)(OC(C)(C)C)OC(C)(C)C. The zero-order valence-corrected chi connectivity index (χ0v) is 19.1. The lowest BCUT2D eigenvalue weighted by molar-refractivity contribution is -0.164. The minimum atomic E-state index is -3.97. The molecule has 0 unspecified atom stereocenters. The van der Waals surface area contributed by atoms with E-state index in [0.29, 0.717) is 0 Å². The molecule has 0 heterocycles. The van der Waals surface area contributed by atoms with Crippen LogP contribution in [0.3, 0.4) is 0 Å². The second-order valence-electron chi connectivity index (χ2n) is 9.26. The third kappa shape index (κ3) is 13.8. The first kappa shape index (κ1) is 26.1. The van der Waals surface area contributed by atoms with Gasteiger partial charge < -0.3 is 9.47 Å². The highest BCUT2D eigenvalue weighted by atomic mass is 31.2. The van der Waals surface area contributed by atoms with Crippen molar-refractivity contribution in [1.29, 1.82) is 0 Å². The predicted octanol–water partition coefficient (Wildman–Crippen LogP) is 4.61. The van der Waals surface area contributed by atoms with E-state index >= 15 is 0 Å². The first-order valence-electron chi connectivity index (χ1n) is 8.86. The van der Waals surface area contributed by atoms with Crippen molar-refractivity contribution in [1.82, 2.24) is 0 Å². The van der Waals surface area contributed by atoms with Crippen LogP contribution < -0.4 is 0 Å². The van der Waals surface area contributed by atoms with Gasteiger partial charge in [-0.1, -0.05) is 6.92 Å². The third-order valence-corrected chi connectivity index (χ3v) is 4.44. The van der Waals surface area contributed by atoms with Crippen LogP contribution in [0.5, 0.6) is 0 Å². The smallest absolute Gasteiger partial charge is 0.460 e. The predicted molar refractivity (Wildman–Crippen MR) is 101 cm³/mol. The van der Waals surface area contributed by atoms with Crippen LogP contribution in [0.1, 0.15) is 75.7 Å². The highest BCUT2D eigenvalue weighted by molar-refractivity contribution is 7.48. The summed E-state index contributed by atoms with van der Waals surface area (Å²) < 4.78 is 38.9. The zero-order valence-electron chi connectivity index (χ0n) is 18.2. The Morgan fingerprint density at radius 3 is 1.67 bits per heavy atom. The Morgan fingerprint density at radius 2 is 1.30 bits per heavy atom. The van der Waals surface area contributed by atoms with Crippen LogP contribution in [0.2, 0.25) is 0 Å². The van der Waals surface area contributed by atoms with Gasteiger partial charge in [-0.15, -0.1) is 0 Å². The van der Waals surface area contributed by atoms with Gasteiger partial charge in [0, 0.05) is 0 Å². The molecule has 9 heteroatoms. The fourth-order valence-electron chi connectivity index (χ4n) is 1.75. The molecule has 0 aromatic heterocycles. The molecule has 27 heavy (non-hydrogen) atoms. The number of hydrogen-bond acceptors (Lipinski definition) is 8. The number of esters is 2. The highest BCUT2D eigenvalue weighted by Gasteiger charge is 2.37. The van der Waals surface area contributed by atoms with Gasteiger partial charge in [0.05, 0.1) is 23.5 Å². The van der Waals surface area contributed by atoms with E-state index in [1.165, 1.54) is 6.92 Å². The molecule has 0 fully saturated rings. The topological polar surface area (TPSA) is 97.4 Å². The molecule has 1 atom stereocenters. The molecule has 0 aliphatic rings. The maximum Gasteiger partial charge on any atom is 0.478 e. The molecular weight excluding hydrogens is 375 g/mol. The lowest BCUT2D eigenvalue weighted by Crippen LogP contribution is -2.28. The molecule has 0 spiro atoms. The second-order valence-corrected chi connectivity index (χ2v) is 10.8. The summed E-state index contributed by atoms with van der Waals surface area (Å²) in [5, 5.41) is 0. The molecule has 0 rings (SSSR count). The Hall–Kier alpha value is -0.950. The van der Waals surface area contributed by atoms with Crippen LogP contribution in [0, 0.1) is 5.92 Å². The van der Waals surface area contributed by atoms with E-state index in [2.05, 4.69) is 0 Å². The Morgan fingerprint density at radius 1 is 0.852 bits per heavy atom. The van der Waals surface area contributed by atoms with Crippen molar-refractivity contribution in [3.8, 4) is 0 Å². The Labute approximate surface area is 162 Å². The van der Waals surface area contributed by atoms with Gasteiger partial charge in [-0.25, -0.2) is 9.09 Å². The molecule has 0 aliphatic heterocycles. The van der Waals surface area contributed by atoms with E-state index in [1.54, 1.807) is 62.3 Å². The van der Waals surface area contributed by atoms with Crippen LogP contribution in [-0.2, 0) is 37.2 Å². The van der Waals surface area contributed by atoms with Crippen molar-refractivity contribution < 1.29 is 37.2 Å². The third-order valence-electron chi connectivity index (χ3n) is 2.48. The first-order valence-corrected chi connectivity index (χ1v) is 10.3. The van der Waals surface area contributed by atoms with Crippen molar-refractivity contribution in [3.63, 3.8) is 0 Å². The Kier molecular flexibility index (Phi) is 9.17. The minimum Gasteiger partial charge on any atom is -0.460 e. The Balaban J connectivity index is 4.71. The summed E-state index contributed by atoms with van der Waals surface area (Å²) >= 11 is 0. The molecule has 0 saturated carbocycles. The molecule has 0 aliphatic carbocycles. The average Bonchev–Trinajstić information content (AvgIpc) is 2.30.